The Hall–Kier alpha value is -1.91. The summed E-state index contributed by atoms with van der Waals surface area (Å²) in [4.78, 5) is 12.1. The molecule has 25 heavy (non-hydrogen) atoms. The van der Waals surface area contributed by atoms with Gasteiger partial charge in [0.05, 0.1) is 10.6 Å². The second-order valence-electron chi connectivity index (χ2n) is 5.77. The van der Waals surface area contributed by atoms with Crippen LogP contribution >= 0.6 is 11.8 Å². The molecule has 8 nitrogen and oxygen atoms in total. The average molecular weight is 381 g/mol. The number of aromatic nitrogens is 3. The summed E-state index contributed by atoms with van der Waals surface area (Å²) in [5.74, 6) is 1.50. The number of nitrogens with two attached hydrogens (primary N) is 1. The van der Waals surface area contributed by atoms with Crippen molar-refractivity contribution < 1.29 is 13.2 Å². The Morgan fingerprint density at radius 1 is 1.32 bits per heavy atom. The van der Waals surface area contributed by atoms with Crippen molar-refractivity contribution in [1.82, 2.24) is 14.8 Å². The molecule has 1 fully saturated rings. The van der Waals surface area contributed by atoms with Gasteiger partial charge >= 0.3 is 0 Å². The third-order valence-electron chi connectivity index (χ3n) is 3.80. The molecule has 0 spiro atoms. The monoisotopic (exact) mass is 381 g/mol. The lowest BCUT2D eigenvalue weighted by Crippen LogP contribution is -2.15. The number of thioether (sulfide) groups is 1. The highest BCUT2D eigenvalue weighted by molar-refractivity contribution is 7.99. The van der Waals surface area contributed by atoms with Gasteiger partial charge in [0, 0.05) is 18.2 Å². The zero-order chi connectivity index (χ0) is 18.0. The smallest absolute Gasteiger partial charge is 0.238 e. The van der Waals surface area contributed by atoms with E-state index in [-0.39, 0.29) is 16.6 Å². The Morgan fingerprint density at radius 2 is 2.00 bits per heavy atom. The maximum atomic E-state index is 12.1. The van der Waals surface area contributed by atoms with Crippen LogP contribution < -0.4 is 10.5 Å². The molecule has 1 aliphatic rings. The van der Waals surface area contributed by atoms with Crippen molar-refractivity contribution in [3.05, 3.63) is 30.1 Å². The molecule has 1 amide bonds. The molecule has 0 atom stereocenters. The first-order valence-electron chi connectivity index (χ1n) is 7.87. The number of nitrogens with one attached hydrogen (secondary N) is 1. The minimum Gasteiger partial charge on any atom is -0.325 e. The van der Waals surface area contributed by atoms with Crippen LogP contribution in [0.3, 0.4) is 0 Å². The van der Waals surface area contributed by atoms with Crippen molar-refractivity contribution in [2.24, 2.45) is 5.14 Å². The summed E-state index contributed by atoms with van der Waals surface area (Å²) in [7, 11) is -3.74. The number of nitrogens with zero attached hydrogens (tertiary/aromatic N) is 3. The summed E-state index contributed by atoms with van der Waals surface area (Å²) in [6.07, 6.45) is 2.30. The standard InChI is InChI=1S/C15H19N5O3S2/c1-2-20-14(10-3-4-10)18-19-15(20)24-9-13(21)17-11-5-7-12(8-6-11)25(16,22)23/h5-8,10H,2-4,9H2,1H3,(H,17,21)(H2,16,22,23). The molecule has 3 N–H and O–H groups in total. The van der Waals surface area contributed by atoms with Crippen molar-refractivity contribution in [2.45, 2.75) is 42.3 Å². The predicted octanol–water partition coefficient (Wildman–Crippen LogP) is 1.55. The molecular weight excluding hydrogens is 362 g/mol. The Labute approximate surface area is 150 Å². The molecule has 0 bridgehead atoms. The van der Waals surface area contributed by atoms with Gasteiger partial charge in [0.2, 0.25) is 15.9 Å². The van der Waals surface area contributed by atoms with Crippen LogP contribution in [0.4, 0.5) is 5.69 Å². The molecule has 0 unspecified atom stereocenters. The van der Waals surface area contributed by atoms with E-state index in [1.165, 1.54) is 36.0 Å². The highest BCUT2D eigenvalue weighted by Crippen LogP contribution is 2.39. The van der Waals surface area contributed by atoms with Gasteiger partial charge in [0.25, 0.3) is 0 Å². The summed E-state index contributed by atoms with van der Waals surface area (Å²) in [5, 5.41) is 16.9. The summed E-state index contributed by atoms with van der Waals surface area (Å²) in [5.41, 5.74) is 0.508. The number of hydrogen-bond acceptors (Lipinski definition) is 6. The van der Waals surface area contributed by atoms with E-state index in [4.69, 9.17) is 5.14 Å². The topological polar surface area (TPSA) is 120 Å². The number of carbonyl (C=O) groups is 1. The molecule has 1 aromatic heterocycles. The van der Waals surface area contributed by atoms with Gasteiger partial charge in [-0.2, -0.15) is 0 Å². The number of sulfonamides is 1. The molecule has 0 saturated heterocycles. The number of hydrogen-bond donors (Lipinski definition) is 2. The highest BCUT2D eigenvalue weighted by atomic mass is 32.2. The van der Waals surface area contributed by atoms with Crippen LogP contribution in [0.5, 0.6) is 0 Å². The van der Waals surface area contributed by atoms with E-state index in [2.05, 4.69) is 20.1 Å². The van der Waals surface area contributed by atoms with Crippen LogP contribution in [-0.4, -0.2) is 34.8 Å². The largest absolute Gasteiger partial charge is 0.325 e. The van der Waals surface area contributed by atoms with E-state index in [0.29, 0.717) is 11.6 Å². The maximum Gasteiger partial charge on any atom is 0.238 e. The number of rotatable bonds is 7. The van der Waals surface area contributed by atoms with Gasteiger partial charge in [-0.15, -0.1) is 10.2 Å². The van der Waals surface area contributed by atoms with Crippen molar-refractivity contribution in [3.8, 4) is 0 Å². The van der Waals surface area contributed by atoms with Crippen molar-refractivity contribution in [1.29, 1.82) is 0 Å². The predicted molar refractivity (Wildman–Crippen MR) is 94.8 cm³/mol. The molecular formula is C15H19N5O3S2. The highest BCUT2D eigenvalue weighted by Gasteiger charge is 2.30. The zero-order valence-electron chi connectivity index (χ0n) is 13.7. The van der Waals surface area contributed by atoms with Crippen molar-refractivity contribution in [3.63, 3.8) is 0 Å². The first-order chi connectivity index (χ1) is 11.9. The SMILES string of the molecule is CCn1c(SCC(=O)Nc2ccc(S(N)(=O)=O)cc2)nnc1C1CC1. The summed E-state index contributed by atoms with van der Waals surface area (Å²) >= 11 is 1.33. The minimum atomic E-state index is -3.74. The van der Waals surface area contributed by atoms with Gasteiger partial charge in [-0.25, -0.2) is 13.6 Å². The van der Waals surface area contributed by atoms with Crippen LogP contribution in [-0.2, 0) is 21.4 Å². The summed E-state index contributed by atoms with van der Waals surface area (Å²) < 4.78 is 24.5. The van der Waals surface area contributed by atoms with Gasteiger partial charge in [-0.1, -0.05) is 11.8 Å². The van der Waals surface area contributed by atoms with Crippen LogP contribution in [0.15, 0.2) is 34.3 Å². The normalized spacial score (nSPS) is 14.5. The van der Waals surface area contributed by atoms with E-state index in [1.54, 1.807) is 0 Å². The molecule has 1 aliphatic carbocycles. The Morgan fingerprint density at radius 3 is 2.56 bits per heavy atom. The van der Waals surface area contributed by atoms with Crippen LogP contribution in [0, 0.1) is 0 Å². The van der Waals surface area contributed by atoms with E-state index < -0.39 is 10.0 Å². The fourth-order valence-electron chi connectivity index (χ4n) is 2.40. The quantitative estimate of drug-likeness (QED) is 0.702. The third kappa shape index (κ3) is 4.39. The molecule has 1 aromatic carbocycles. The van der Waals surface area contributed by atoms with E-state index >= 15 is 0 Å². The molecule has 3 rings (SSSR count). The van der Waals surface area contributed by atoms with Gasteiger partial charge in [0.15, 0.2) is 5.16 Å². The minimum absolute atomic E-state index is 0.00327. The number of amides is 1. The maximum absolute atomic E-state index is 12.1. The number of primary sulfonamides is 1. The second kappa shape index (κ2) is 7.14. The Balaban J connectivity index is 1.58. The average Bonchev–Trinajstić information content (AvgIpc) is 3.32. The molecule has 134 valence electrons. The molecule has 1 saturated carbocycles. The van der Waals surface area contributed by atoms with Crippen molar-refractivity contribution >= 4 is 33.4 Å². The molecule has 0 aliphatic heterocycles. The lowest BCUT2D eigenvalue weighted by atomic mass is 10.3. The number of carbonyl (C=O) groups excluding carboxylic acids is 1. The second-order valence-corrected chi connectivity index (χ2v) is 8.27. The van der Waals surface area contributed by atoms with E-state index in [0.717, 1.165) is 30.4 Å². The lowest BCUT2D eigenvalue weighted by Gasteiger charge is -2.07. The molecule has 0 radical (unpaired) electrons. The Kier molecular flexibility index (Phi) is 5.11. The first kappa shape index (κ1) is 17.9. The van der Waals surface area contributed by atoms with E-state index in [1.807, 2.05) is 6.92 Å². The van der Waals surface area contributed by atoms with Crippen molar-refractivity contribution in [2.75, 3.05) is 11.1 Å². The number of anilines is 1. The van der Waals surface area contributed by atoms with E-state index in [9.17, 15) is 13.2 Å². The molecule has 1 heterocycles. The molecule has 10 heteroatoms. The van der Waals surface area contributed by atoms with Gasteiger partial charge < -0.3 is 9.88 Å². The fraction of sp³-hybridized carbons (Fsp3) is 0.400. The fourth-order valence-corrected chi connectivity index (χ4v) is 3.73. The van der Waals surface area contributed by atoms with Gasteiger partial charge in [-0.05, 0) is 44.0 Å². The van der Waals surface area contributed by atoms with Crippen LogP contribution in [0.2, 0.25) is 0 Å². The summed E-state index contributed by atoms with van der Waals surface area (Å²) in [6, 6.07) is 5.71. The Bertz CT molecular complexity index is 873. The van der Waals surface area contributed by atoms with Gasteiger partial charge in [-0.3, -0.25) is 4.79 Å². The summed E-state index contributed by atoms with van der Waals surface area (Å²) in [6.45, 7) is 2.81. The zero-order valence-corrected chi connectivity index (χ0v) is 15.3. The lowest BCUT2D eigenvalue weighted by molar-refractivity contribution is -0.113. The number of benzene rings is 1. The van der Waals surface area contributed by atoms with Crippen LogP contribution in [0.1, 0.15) is 31.5 Å². The first-order valence-corrected chi connectivity index (χ1v) is 10.4. The third-order valence-corrected chi connectivity index (χ3v) is 5.70. The van der Waals surface area contributed by atoms with Crippen LogP contribution in [0.25, 0.3) is 0 Å². The molecule has 2 aromatic rings. The van der Waals surface area contributed by atoms with Gasteiger partial charge in [0.1, 0.15) is 5.82 Å².